The number of rotatable bonds is 6. The molecule has 0 fully saturated rings. The minimum Gasteiger partial charge on any atom is -0.398 e. The summed E-state index contributed by atoms with van der Waals surface area (Å²) in [7, 11) is 0. The highest BCUT2D eigenvalue weighted by Crippen LogP contribution is 2.10. The Bertz CT molecular complexity index is 352. The molecule has 0 aliphatic rings. The summed E-state index contributed by atoms with van der Waals surface area (Å²) in [5.41, 5.74) is 7.20. The van der Waals surface area contributed by atoms with Crippen LogP contribution in [-0.2, 0) is 11.2 Å². The zero-order valence-corrected chi connectivity index (χ0v) is 9.86. The van der Waals surface area contributed by atoms with Crippen molar-refractivity contribution in [2.45, 2.75) is 32.7 Å². The Labute approximate surface area is 96.3 Å². The first-order valence-electron chi connectivity index (χ1n) is 5.57. The second-order valence-electron chi connectivity index (χ2n) is 3.95. The van der Waals surface area contributed by atoms with Gasteiger partial charge in [0.25, 0.3) is 0 Å². The molecule has 88 valence electrons. The molecule has 0 spiro atoms. The van der Waals surface area contributed by atoms with E-state index in [4.69, 9.17) is 5.73 Å². The smallest absolute Gasteiger partial charge is 0.138 e. The van der Waals surface area contributed by atoms with Gasteiger partial charge in [-0.15, -0.1) is 0 Å². The zero-order chi connectivity index (χ0) is 12.0. The number of Topliss-reactive ketones (excluding diaryl/α,β-unsaturated/α-hetero) is 1. The molecule has 16 heavy (non-hydrogen) atoms. The van der Waals surface area contributed by atoms with E-state index in [1.165, 1.54) is 0 Å². The Morgan fingerprint density at radius 3 is 3.00 bits per heavy atom. The lowest BCUT2D eigenvalue weighted by Gasteiger charge is -2.11. The van der Waals surface area contributed by atoms with Gasteiger partial charge in [-0.25, -0.2) is 0 Å². The third-order valence-electron chi connectivity index (χ3n) is 2.42. The first kappa shape index (κ1) is 12.6. The number of anilines is 1. The first-order valence-corrected chi connectivity index (χ1v) is 5.57. The molecule has 0 saturated carbocycles. The molecule has 0 radical (unpaired) electrons. The second kappa shape index (κ2) is 6.23. The van der Waals surface area contributed by atoms with Crippen LogP contribution in [0.25, 0.3) is 0 Å². The summed E-state index contributed by atoms with van der Waals surface area (Å²) in [4.78, 5) is 15.7. The summed E-state index contributed by atoms with van der Waals surface area (Å²) >= 11 is 0. The predicted octanol–water partition coefficient (Wildman–Crippen LogP) is 1.16. The monoisotopic (exact) mass is 221 g/mol. The van der Waals surface area contributed by atoms with Gasteiger partial charge >= 0.3 is 0 Å². The lowest BCUT2D eigenvalue weighted by Crippen LogP contribution is -2.28. The van der Waals surface area contributed by atoms with Gasteiger partial charge in [0.1, 0.15) is 5.78 Å². The largest absolute Gasteiger partial charge is 0.398 e. The molecular weight excluding hydrogens is 202 g/mol. The molecule has 1 aromatic rings. The van der Waals surface area contributed by atoms with Gasteiger partial charge in [-0.3, -0.25) is 9.78 Å². The fraction of sp³-hybridized carbons (Fsp3) is 0.500. The highest BCUT2D eigenvalue weighted by Gasteiger charge is 2.10. The second-order valence-corrected chi connectivity index (χ2v) is 3.95. The molecular formula is C12H19N3O. The fourth-order valence-corrected chi connectivity index (χ4v) is 1.63. The Balaban J connectivity index is 2.49. The SMILES string of the molecule is CCNC(C)CC(=O)Cc1cnccc1N. The topological polar surface area (TPSA) is 68.0 Å². The third-order valence-corrected chi connectivity index (χ3v) is 2.42. The summed E-state index contributed by atoms with van der Waals surface area (Å²) in [6, 6.07) is 1.94. The van der Waals surface area contributed by atoms with E-state index in [1.54, 1.807) is 18.5 Å². The van der Waals surface area contributed by atoms with Crippen LogP contribution in [-0.4, -0.2) is 23.4 Å². The standard InChI is InChI=1S/C12H19N3O/c1-3-15-9(2)6-11(16)7-10-8-14-5-4-12(10)13/h4-5,8-9,15H,3,6-7H2,1-2H3,(H2,13,14). The zero-order valence-electron chi connectivity index (χ0n) is 9.86. The van der Waals surface area contributed by atoms with Gasteiger partial charge in [-0.05, 0) is 19.5 Å². The number of hydrogen-bond acceptors (Lipinski definition) is 4. The highest BCUT2D eigenvalue weighted by molar-refractivity contribution is 5.82. The van der Waals surface area contributed by atoms with Crippen molar-refractivity contribution in [3.8, 4) is 0 Å². The molecule has 0 aromatic carbocycles. The molecule has 1 unspecified atom stereocenters. The number of hydrogen-bond donors (Lipinski definition) is 2. The van der Waals surface area contributed by atoms with Gasteiger partial charge in [-0.2, -0.15) is 0 Å². The van der Waals surface area contributed by atoms with Crippen LogP contribution in [0.4, 0.5) is 5.69 Å². The van der Waals surface area contributed by atoms with Crippen LogP contribution in [0.1, 0.15) is 25.8 Å². The molecule has 4 nitrogen and oxygen atoms in total. The van der Waals surface area contributed by atoms with Crippen LogP contribution in [0.2, 0.25) is 0 Å². The minimum absolute atomic E-state index is 0.188. The molecule has 1 aromatic heterocycles. The molecule has 0 saturated heterocycles. The van der Waals surface area contributed by atoms with E-state index in [2.05, 4.69) is 10.3 Å². The summed E-state index contributed by atoms with van der Waals surface area (Å²) < 4.78 is 0. The lowest BCUT2D eigenvalue weighted by molar-refractivity contribution is -0.118. The molecule has 0 aliphatic carbocycles. The van der Waals surface area contributed by atoms with Gasteiger partial charge in [0.05, 0.1) is 0 Å². The number of ketones is 1. The van der Waals surface area contributed by atoms with Gasteiger partial charge in [0, 0.05) is 42.5 Å². The average molecular weight is 221 g/mol. The van der Waals surface area contributed by atoms with E-state index >= 15 is 0 Å². The molecule has 3 N–H and O–H groups in total. The summed E-state index contributed by atoms with van der Waals surface area (Å²) in [6.07, 6.45) is 4.19. The Kier molecular flexibility index (Phi) is 4.92. The van der Waals surface area contributed by atoms with E-state index in [1.807, 2.05) is 13.8 Å². The number of nitrogen functional groups attached to an aromatic ring is 1. The first-order chi connectivity index (χ1) is 7.63. The number of nitrogens with one attached hydrogen (secondary N) is 1. The van der Waals surface area contributed by atoms with Gasteiger partial charge in [0.2, 0.25) is 0 Å². The maximum Gasteiger partial charge on any atom is 0.138 e. The number of nitrogens with two attached hydrogens (primary N) is 1. The molecule has 1 heterocycles. The Hall–Kier alpha value is -1.42. The van der Waals surface area contributed by atoms with Crippen molar-refractivity contribution in [3.05, 3.63) is 24.0 Å². The predicted molar refractivity (Wildman–Crippen MR) is 65.1 cm³/mol. The van der Waals surface area contributed by atoms with E-state index in [-0.39, 0.29) is 11.8 Å². The Morgan fingerprint density at radius 1 is 1.62 bits per heavy atom. The number of aromatic nitrogens is 1. The van der Waals surface area contributed by atoms with Crippen LogP contribution in [0.5, 0.6) is 0 Å². The molecule has 0 aliphatic heterocycles. The molecule has 0 amide bonds. The van der Waals surface area contributed by atoms with Crippen LogP contribution >= 0.6 is 0 Å². The van der Waals surface area contributed by atoms with Crippen molar-refractivity contribution in [2.75, 3.05) is 12.3 Å². The Morgan fingerprint density at radius 2 is 2.38 bits per heavy atom. The number of pyridine rings is 1. The third kappa shape index (κ3) is 3.98. The number of nitrogens with zero attached hydrogens (tertiary/aromatic N) is 1. The van der Waals surface area contributed by atoms with Crippen molar-refractivity contribution >= 4 is 11.5 Å². The molecule has 0 bridgehead atoms. The quantitative estimate of drug-likeness (QED) is 0.756. The van der Waals surface area contributed by atoms with E-state index < -0.39 is 0 Å². The van der Waals surface area contributed by atoms with Crippen molar-refractivity contribution < 1.29 is 4.79 Å². The fourth-order valence-electron chi connectivity index (χ4n) is 1.63. The normalized spacial score (nSPS) is 12.4. The molecule has 4 heteroatoms. The molecule has 1 rings (SSSR count). The highest BCUT2D eigenvalue weighted by atomic mass is 16.1. The van der Waals surface area contributed by atoms with Crippen molar-refractivity contribution in [1.29, 1.82) is 0 Å². The van der Waals surface area contributed by atoms with Gasteiger partial charge in [0.15, 0.2) is 0 Å². The van der Waals surface area contributed by atoms with E-state index in [0.717, 1.165) is 12.1 Å². The lowest BCUT2D eigenvalue weighted by atomic mass is 10.0. The van der Waals surface area contributed by atoms with Crippen molar-refractivity contribution in [1.82, 2.24) is 10.3 Å². The van der Waals surface area contributed by atoms with E-state index in [0.29, 0.717) is 18.5 Å². The maximum atomic E-state index is 11.7. The van der Waals surface area contributed by atoms with Crippen LogP contribution < -0.4 is 11.1 Å². The van der Waals surface area contributed by atoms with Crippen molar-refractivity contribution in [3.63, 3.8) is 0 Å². The minimum atomic E-state index is 0.188. The van der Waals surface area contributed by atoms with Crippen LogP contribution in [0, 0.1) is 0 Å². The van der Waals surface area contributed by atoms with Crippen LogP contribution in [0.3, 0.4) is 0 Å². The van der Waals surface area contributed by atoms with Crippen LogP contribution in [0.15, 0.2) is 18.5 Å². The number of carbonyl (C=O) groups excluding carboxylic acids is 1. The van der Waals surface area contributed by atoms with Crippen molar-refractivity contribution in [2.24, 2.45) is 0 Å². The average Bonchev–Trinajstić information content (AvgIpc) is 2.21. The van der Waals surface area contributed by atoms with E-state index in [9.17, 15) is 4.79 Å². The van der Waals surface area contributed by atoms with Gasteiger partial charge < -0.3 is 11.1 Å². The summed E-state index contributed by atoms with van der Waals surface area (Å²) in [5, 5.41) is 3.21. The van der Waals surface area contributed by atoms with Gasteiger partial charge in [-0.1, -0.05) is 6.92 Å². The summed E-state index contributed by atoms with van der Waals surface area (Å²) in [6.45, 7) is 4.91. The summed E-state index contributed by atoms with van der Waals surface area (Å²) in [5.74, 6) is 0.188. The number of carbonyl (C=O) groups is 1. The maximum absolute atomic E-state index is 11.7. The molecule has 1 atom stereocenters.